The van der Waals surface area contributed by atoms with Gasteiger partial charge in [-0.25, -0.2) is 9.97 Å². The Labute approximate surface area is 225 Å². The first kappa shape index (κ1) is 25.3. The fraction of sp³-hybridized carbons (Fsp3) is 0.308. The van der Waals surface area contributed by atoms with Crippen molar-refractivity contribution >= 4 is 40.6 Å². The van der Waals surface area contributed by atoms with E-state index in [0.717, 1.165) is 31.9 Å². The Bertz CT molecular complexity index is 1340. The van der Waals surface area contributed by atoms with Crippen molar-refractivity contribution in [2.75, 3.05) is 52.3 Å². The van der Waals surface area contributed by atoms with Gasteiger partial charge in [0, 0.05) is 49.7 Å². The summed E-state index contributed by atoms with van der Waals surface area (Å²) in [6, 6.07) is 9.24. The number of rotatable bonds is 5. The van der Waals surface area contributed by atoms with E-state index in [4.69, 9.17) is 32.7 Å². The third-order valence-electron chi connectivity index (χ3n) is 6.54. The Kier molecular flexibility index (Phi) is 7.19. The van der Waals surface area contributed by atoms with Crippen molar-refractivity contribution in [3.63, 3.8) is 0 Å². The van der Waals surface area contributed by atoms with Gasteiger partial charge >= 0.3 is 0 Å². The van der Waals surface area contributed by atoms with Crippen LogP contribution in [0.1, 0.15) is 21.6 Å². The molecule has 11 heteroatoms. The average Bonchev–Trinajstić information content (AvgIpc) is 3.31. The van der Waals surface area contributed by atoms with Crippen LogP contribution in [0, 0.1) is 0 Å². The van der Waals surface area contributed by atoms with Crippen LogP contribution in [0.2, 0.25) is 10.0 Å². The first-order valence-corrected chi connectivity index (χ1v) is 12.5. The van der Waals surface area contributed by atoms with Crippen LogP contribution >= 0.6 is 23.2 Å². The maximum absolute atomic E-state index is 12.9. The predicted octanol–water partition coefficient (Wildman–Crippen LogP) is 3.91. The maximum atomic E-state index is 12.9. The molecule has 0 spiro atoms. The molecule has 0 aliphatic carbocycles. The highest BCUT2D eigenvalue weighted by Crippen LogP contribution is 2.45. The Morgan fingerprint density at radius 1 is 1.00 bits per heavy atom. The Hall–Kier alpha value is -3.40. The van der Waals surface area contributed by atoms with Gasteiger partial charge in [-0.15, -0.1) is 0 Å². The van der Waals surface area contributed by atoms with Gasteiger partial charge in [0.1, 0.15) is 17.3 Å². The number of nitrogens with zero attached hydrogens (tertiary/aromatic N) is 5. The van der Waals surface area contributed by atoms with Crippen LogP contribution in [-0.4, -0.2) is 74.1 Å². The number of amidine groups is 1. The number of carbonyl (C=O) groups excluding carboxylic acids is 1. The number of aromatic nitrogens is 2. The smallest absolute Gasteiger partial charge is 0.256 e. The lowest BCUT2D eigenvalue weighted by molar-refractivity contribution is 0.0977. The minimum absolute atomic E-state index is 0.246. The molecule has 5 rings (SSSR count). The van der Waals surface area contributed by atoms with Gasteiger partial charge in [0.25, 0.3) is 5.91 Å². The van der Waals surface area contributed by atoms with Crippen molar-refractivity contribution in [3.8, 4) is 22.9 Å². The third-order valence-corrected chi connectivity index (χ3v) is 7.29. The molecule has 0 radical (unpaired) electrons. The summed E-state index contributed by atoms with van der Waals surface area (Å²) in [6.45, 7) is 4.27. The number of amides is 1. The highest BCUT2D eigenvalue weighted by molar-refractivity contribution is 6.40. The second kappa shape index (κ2) is 10.5. The number of fused-ring (bicyclic) bond motifs is 1. The third kappa shape index (κ3) is 4.94. The fourth-order valence-corrected chi connectivity index (χ4v) is 5.02. The summed E-state index contributed by atoms with van der Waals surface area (Å²) in [7, 11) is 5.13. The molecular weight excluding hydrogens is 515 g/mol. The van der Waals surface area contributed by atoms with E-state index < -0.39 is 0 Å². The summed E-state index contributed by atoms with van der Waals surface area (Å²) >= 11 is 13.1. The highest BCUT2D eigenvalue weighted by atomic mass is 35.5. The molecule has 3 aromatic rings. The molecule has 2 aliphatic heterocycles. The van der Waals surface area contributed by atoms with Crippen molar-refractivity contribution in [2.45, 2.75) is 6.54 Å². The van der Waals surface area contributed by atoms with Crippen LogP contribution in [0.4, 0.5) is 5.69 Å². The number of likely N-dealkylation sites (N-methyl/N-ethyl adjacent to an activating group) is 1. The van der Waals surface area contributed by atoms with Gasteiger partial charge in [-0.2, -0.15) is 0 Å². The average molecular weight is 541 g/mol. The summed E-state index contributed by atoms with van der Waals surface area (Å²) in [6.07, 6.45) is 1.61. The molecule has 0 bridgehead atoms. The van der Waals surface area contributed by atoms with Crippen molar-refractivity contribution in [2.24, 2.45) is 4.99 Å². The van der Waals surface area contributed by atoms with Gasteiger partial charge in [0.15, 0.2) is 5.82 Å². The minimum Gasteiger partial charge on any atom is -0.495 e. The van der Waals surface area contributed by atoms with Gasteiger partial charge < -0.3 is 24.6 Å². The molecule has 1 saturated heterocycles. The lowest BCUT2D eigenvalue weighted by Crippen LogP contribution is -2.44. The SMILES string of the molecule is COc1cc(OC)c(Cl)c(-c2ncc3c(n2)CN=C3NC(=O)c2ccc(N3CCN(C)CC3)cc2)c1Cl. The van der Waals surface area contributed by atoms with Crippen molar-refractivity contribution in [1.82, 2.24) is 20.2 Å². The van der Waals surface area contributed by atoms with E-state index in [-0.39, 0.29) is 16.0 Å². The monoisotopic (exact) mass is 540 g/mol. The van der Waals surface area contributed by atoms with Crippen LogP contribution in [0.5, 0.6) is 11.5 Å². The molecule has 1 fully saturated rings. The standard InChI is InChI=1S/C26H26Cl2N6O3/c1-33-8-10-34(11-9-33)16-6-4-15(5-7-16)26(35)32-24-17-13-29-25(31-18(17)14-30-24)21-22(27)19(36-2)12-20(37-3)23(21)28/h4-7,12-13H,8-11,14H2,1-3H3,(H,30,32,35). The minimum atomic E-state index is -0.246. The Balaban J connectivity index is 1.33. The first-order valence-electron chi connectivity index (χ1n) is 11.8. The lowest BCUT2D eigenvalue weighted by atomic mass is 10.1. The van der Waals surface area contributed by atoms with E-state index in [2.05, 4.69) is 37.1 Å². The van der Waals surface area contributed by atoms with Crippen molar-refractivity contribution < 1.29 is 14.3 Å². The first-order chi connectivity index (χ1) is 17.9. The number of nitrogens with one attached hydrogen (secondary N) is 1. The zero-order chi connectivity index (χ0) is 26.1. The number of ether oxygens (including phenoxy) is 2. The number of halogens is 2. The van der Waals surface area contributed by atoms with Crippen LogP contribution < -0.4 is 19.7 Å². The number of methoxy groups -OCH3 is 2. The molecule has 0 atom stereocenters. The molecule has 37 heavy (non-hydrogen) atoms. The molecule has 1 amide bonds. The number of benzene rings is 2. The summed E-state index contributed by atoms with van der Waals surface area (Å²) in [5.74, 6) is 1.28. The largest absolute Gasteiger partial charge is 0.495 e. The van der Waals surface area contributed by atoms with E-state index in [1.807, 2.05) is 24.3 Å². The predicted molar refractivity (Wildman–Crippen MR) is 144 cm³/mol. The second-order valence-electron chi connectivity index (χ2n) is 8.79. The van der Waals surface area contributed by atoms with Crippen LogP contribution in [-0.2, 0) is 6.54 Å². The fourth-order valence-electron chi connectivity index (χ4n) is 4.35. The topological polar surface area (TPSA) is 92.2 Å². The second-order valence-corrected chi connectivity index (χ2v) is 9.55. The molecule has 1 N–H and O–H groups in total. The molecule has 2 aliphatic rings. The van der Waals surface area contributed by atoms with E-state index >= 15 is 0 Å². The number of anilines is 1. The molecular formula is C26H26Cl2N6O3. The molecule has 192 valence electrons. The number of piperazine rings is 1. The number of aliphatic imine (C=N–C) groups is 1. The van der Waals surface area contributed by atoms with Gasteiger partial charge in [0.05, 0.1) is 47.6 Å². The highest BCUT2D eigenvalue weighted by Gasteiger charge is 2.25. The van der Waals surface area contributed by atoms with Gasteiger partial charge in [-0.1, -0.05) is 23.2 Å². The van der Waals surface area contributed by atoms with E-state index in [0.29, 0.717) is 52.1 Å². The Morgan fingerprint density at radius 3 is 2.27 bits per heavy atom. The maximum Gasteiger partial charge on any atom is 0.256 e. The van der Waals surface area contributed by atoms with Gasteiger partial charge in [-0.3, -0.25) is 9.79 Å². The lowest BCUT2D eigenvalue weighted by Gasteiger charge is -2.34. The quantitative estimate of drug-likeness (QED) is 0.524. The molecule has 1 aromatic heterocycles. The normalized spacial score (nSPS) is 15.3. The number of carbonyl (C=O) groups is 1. The summed E-state index contributed by atoms with van der Waals surface area (Å²) in [5, 5.41) is 3.45. The van der Waals surface area contributed by atoms with Crippen molar-refractivity contribution in [1.29, 1.82) is 0 Å². The zero-order valence-electron chi connectivity index (χ0n) is 20.7. The van der Waals surface area contributed by atoms with Crippen molar-refractivity contribution in [3.05, 3.63) is 63.4 Å². The van der Waals surface area contributed by atoms with Crippen LogP contribution in [0.3, 0.4) is 0 Å². The molecule has 0 unspecified atom stereocenters. The Morgan fingerprint density at radius 2 is 1.65 bits per heavy atom. The molecule has 2 aromatic carbocycles. The molecule has 9 nitrogen and oxygen atoms in total. The number of hydrogen-bond donors (Lipinski definition) is 1. The van der Waals surface area contributed by atoms with Gasteiger partial charge in [-0.05, 0) is 31.3 Å². The molecule has 0 saturated carbocycles. The van der Waals surface area contributed by atoms with Gasteiger partial charge in [0.2, 0.25) is 0 Å². The van der Waals surface area contributed by atoms with E-state index in [1.165, 1.54) is 14.2 Å². The van der Waals surface area contributed by atoms with E-state index in [1.54, 1.807) is 12.3 Å². The van der Waals surface area contributed by atoms with Crippen LogP contribution in [0.15, 0.2) is 41.5 Å². The summed E-state index contributed by atoms with van der Waals surface area (Å²) in [4.78, 5) is 31.1. The molecule has 3 heterocycles. The zero-order valence-corrected chi connectivity index (χ0v) is 22.2. The van der Waals surface area contributed by atoms with E-state index in [9.17, 15) is 4.79 Å². The van der Waals surface area contributed by atoms with Crippen LogP contribution in [0.25, 0.3) is 11.4 Å². The summed E-state index contributed by atoms with van der Waals surface area (Å²) < 4.78 is 10.7. The summed E-state index contributed by atoms with van der Waals surface area (Å²) in [5.41, 5.74) is 3.36. The number of hydrogen-bond acceptors (Lipinski definition) is 8.